The number of methoxy groups -OCH3 is 1. The Bertz CT molecular complexity index is 1070. The summed E-state index contributed by atoms with van der Waals surface area (Å²) in [5.41, 5.74) is 2.14. The van der Waals surface area contributed by atoms with Crippen LogP contribution in [0.15, 0.2) is 78.5 Å². The smallest absolute Gasteiger partial charge is 0.276 e. The van der Waals surface area contributed by atoms with Crippen molar-refractivity contribution in [2.45, 2.75) is 25.5 Å². The molecule has 1 N–H and O–H groups in total. The molecule has 0 saturated heterocycles. The molecular formula is C24H25N3O3. The van der Waals surface area contributed by atoms with Gasteiger partial charge in [0.25, 0.3) is 5.91 Å². The number of carbonyl (C=O) groups excluding carboxylic acids is 1. The van der Waals surface area contributed by atoms with Gasteiger partial charge in [0.15, 0.2) is 5.69 Å². The van der Waals surface area contributed by atoms with E-state index in [0.717, 1.165) is 35.2 Å². The van der Waals surface area contributed by atoms with Gasteiger partial charge in [0, 0.05) is 31.2 Å². The van der Waals surface area contributed by atoms with Crippen LogP contribution in [0.1, 0.15) is 23.3 Å². The van der Waals surface area contributed by atoms with Crippen molar-refractivity contribution in [1.29, 1.82) is 0 Å². The Morgan fingerprint density at radius 3 is 2.73 bits per heavy atom. The fourth-order valence-corrected chi connectivity index (χ4v) is 3.45. The number of allylic oxidation sites excluding steroid dienone is 1. The molecule has 0 bridgehead atoms. The van der Waals surface area contributed by atoms with Crippen molar-refractivity contribution >= 4 is 16.8 Å². The number of aryl methyl sites for hydroxylation is 1. The Morgan fingerprint density at radius 2 is 1.97 bits per heavy atom. The van der Waals surface area contributed by atoms with Gasteiger partial charge in [-0.05, 0) is 30.7 Å². The summed E-state index contributed by atoms with van der Waals surface area (Å²) in [6.45, 7) is 1.25. The quantitative estimate of drug-likeness (QED) is 0.575. The third kappa shape index (κ3) is 4.60. The predicted octanol–water partition coefficient (Wildman–Crippen LogP) is 4.09. The zero-order valence-corrected chi connectivity index (χ0v) is 17.0. The maximum atomic E-state index is 12.9. The number of carbonyl (C=O) groups is 1. The first kappa shape index (κ1) is 19.9. The summed E-state index contributed by atoms with van der Waals surface area (Å²) in [5.74, 6) is 0.643. The number of nitrogens with zero attached hydrogens (tertiary/aromatic N) is 2. The third-order valence-electron chi connectivity index (χ3n) is 5.02. The molecule has 30 heavy (non-hydrogen) atoms. The molecule has 1 heterocycles. The van der Waals surface area contributed by atoms with Crippen molar-refractivity contribution in [1.82, 2.24) is 15.1 Å². The maximum absolute atomic E-state index is 12.9. The summed E-state index contributed by atoms with van der Waals surface area (Å²) in [5, 5.41) is 8.40. The van der Waals surface area contributed by atoms with Crippen molar-refractivity contribution in [3.8, 4) is 5.75 Å². The van der Waals surface area contributed by atoms with Crippen LogP contribution in [0, 0.1) is 0 Å². The highest BCUT2D eigenvalue weighted by Crippen LogP contribution is 2.20. The van der Waals surface area contributed by atoms with Gasteiger partial charge in [-0.2, -0.15) is 5.10 Å². The zero-order valence-electron chi connectivity index (χ0n) is 17.0. The normalized spacial score (nSPS) is 15.8. The zero-order chi connectivity index (χ0) is 20.8. The van der Waals surface area contributed by atoms with Gasteiger partial charge in [-0.3, -0.25) is 9.48 Å². The Hall–Kier alpha value is -3.38. The number of hydrogen-bond acceptors (Lipinski definition) is 4. The second kappa shape index (κ2) is 9.41. The van der Waals surface area contributed by atoms with Crippen LogP contribution in [0.5, 0.6) is 5.75 Å². The van der Waals surface area contributed by atoms with Crippen LogP contribution < -0.4 is 10.1 Å². The summed E-state index contributed by atoms with van der Waals surface area (Å²) >= 11 is 0. The molecule has 3 aromatic rings. The van der Waals surface area contributed by atoms with Gasteiger partial charge in [0.05, 0.1) is 18.2 Å². The highest BCUT2D eigenvalue weighted by molar-refractivity contribution is 6.05. The van der Waals surface area contributed by atoms with Gasteiger partial charge in [0.2, 0.25) is 0 Å². The molecule has 0 fully saturated rings. The van der Waals surface area contributed by atoms with E-state index in [9.17, 15) is 4.79 Å². The van der Waals surface area contributed by atoms with Gasteiger partial charge in [-0.15, -0.1) is 0 Å². The molecule has 6 heteroatoms. The standard InChI is InChI=1S/C24H25N3O3/c1-29-19-14-12-18(13-15-19)25-24(28)23-21-10-5-6-11-22(21)27(26-23)16-7-17-30-20-8-3-2-4-9-20/h2-6,8-14,19H,7,15-17H2,1H3,(H,25,28). The van der Waals surface area contributed by atoms with E-state index in [-0.39, 0.29) is 12.0 Å². The first-order valence-corrected chi connectivity index (χ1v) is 10.1. The number of amides is 1. The summed E-state index contributed by atoms with van der Waals surface area (Å²) in [6, 6.07) is 17.5. The monoisotopic (exact) mass is 403 g/mol. The first-order chi connectivity index (χ1) is 14.7. The second-order valence-electron chi connectivity index (χ2n) is 7.09. The highest BCUT2D eigenvalue weighted by Gasteiger charge is 2.18. The number of fused-ring (bicyclic) bond motifs is 1. The van der Waals surface area contributed by atoms with Crippen molar-refractivity contribution in [3.63, 3.8) is 0 Å². The number of hydrogen-bond donors (Lipinski definition) is 1. The average molecular weight is 403 g/mol. The SMILES string of the molecule is COC1C=CC(NC(=O)c2nn(CCCOc3ccccc3)c3ccccc23)=CC1. The van der Waals surface area contributed by atoms with Crippen molar-refractivity contribution < 1.29 is 14.3 Å². The van der Waals surface area contributed by atoms with Gasteiger partial charge < -0.3 is 14.8 Å². The summed E-state index contributed by atoms with van der Waals surface area (Å²) in [4.78, 5) is 12.9. The van der Waals surface area contributed by atoms with Crippen LogP contribution >= 0.6 is 0 Å². The van der Waals surface area contributed by atoms with Crippen LogP contribution in [0.4, 0.5) is 0 Å². The molecule has 0 saturated carbocycles. The fourth-order valence-electron chi connectivity index (χ4n) is 3.45. The number of rotatable bonds is 8. The lowest BCUT2D eigenvalue weighted by molar-refractivity contribution is 0.0961. The van der Waals surface area contributed by atoms with E-state index in [1.54, 1.807) is 7.11 Å². The van der Waals surface area contributed by atoms with Crippen LogP contribution in [-0.4, -0.2) is 35.5 Å². The molecular weight excluding hydrogens is 378 g/mol. The van der Waals surface area contributed by atoms with Crippen LogP contribution in [0.3, 0.4) is 0 Å². The summed E-state index contributed by atoms with van der Waals surface area (Å²) in [7, 11) is 1.68. The van der Waals surface area contributed by atoms with E-state index in [4.69, 9.17) is 9.47 Å². The molecule has 1 aromatic heterocycles. The Morgan fingerprint density at radius 1 is 1.17 bits per heavy atom. The van der Waals surface area contributed by atoms with Gasteiger partial charge in [-0.25, -0.2) is 0 Å². The van der Waals surface area contributed by atoms with Crippen molar-refractivity contribution in [2.24, 2.45) is 0 Å². The molecule has 0 aliphatic heterocycles. The topological polar surface area (TPSA) is 65.4 Å². The minimum absolute atomic E-state index is 0.0591. The molecule has 154 valence electrons. The Labute approximate surface area is 175 Å². The lowest BCUT2D eigenvalue weighted by Gasteiger charge is -2.14. The van der Waals surface area contributed by atoms with E-state index in [1.807, 2.05) is 77.5 Å². The predicted molar refractivity (Wildman–Crippen MR) is 116 cm³/mol. The van der Waals surface area contributed by atoms with Crippen LogP contribution in [0.25, 0.3) is 10.9 Å². The van der Waals surface area contributed by atoms with Gasteiger partial charge >= 0.3 is 0 Å². The molecule has 1 aliphatic carbocycles. The highest BCUT2D eigenvalue weighted by atomic mass is 16.5. The van der Waals surface area contributed by atoms with Crippen molar-refractivity contribution in [2.75, 3.05) is 13.7 Å². The minimum atomic E-state index is -0.211. The lowest BCUT2D eigenvalue weighted by atomic mass is 10.1. The molecule has 0 radical (unpaired) electrons. The van der Waals surface area contributed by atoms with Crippen LogP contribution in [0.2, 0.25) is 0 Å². The number of ether oxygens (including phenoxy) is 2. The van der Waals surface area contributed by atoms with E-state index in [0.29, 0.717) is 18.8 Å². The Balaban J connectivity index is 1.43. The van der Waals surface area contributed by atoms with E-state index >= 15 is 0 Å². The van der Waals surface area contributed by atoms with Crippen LogP contribution in [-0.2, 0) is 11.3 Å². The largest absolute Gasteiger partial charge is 0.494 e. The molecule has 1 aliphatic rings. The number of para-hydroxylation sites is 2. The third-order valence-corrected chi connectivity index (χ3v) is 5.02. The maximum Gasteiger partial charge on any atom is 0.276 e. The molecule has 6 nitrogen and oxygen atoms in total. The second-order valence-corrected chi connectivity index (χ2v) is 7.09. The molecule has 0 spiro atoms. The molecule has 1 unspecified atom stereocenters. The number of aromatic nitrogens is 2. The molecule has 2 aromatic carbocycles. The molecule has 1 atom stereocenters. The Kier molecular flexibility index (Phi) is 6.25. The van der Waals surface area contributed by atoms with Gasteiger partial charge in [0.1, 0.15) is 5.75 Å². The molecule has 1 amide bonds. The fraction of sp³-hybridized carbons (Fsp3) is 0.250. The summed E-state index contributed by atoms with van der Waals surface area (Å²) in [6.07, 6.45) is 7.36. The lowest BCUT2D eigenvalue weighted by Crippen LogP contribution is -2.24. The van der Waals surface area contributed by atoms with E-state index < -0.39 is 0 Å². The van der Waals surface area contributed by atoms with E-state index in [1.165, 1.54) is 0 Å². The number of benzene rings is 2. The number of nitrogens with one attached hydrogen (secondary N) is 1. The summed E-state index contributed by atoms with van der Waals surface area (Å²) < 4.78 is 12.9. The van der Waals surface area contributed by atoms with Gasteiger partial charge in [-0.1, -0.05) is 48.6 Å². The average Bonchev–Trinajstić information content (AvgIpc) is 3.17. The van der Waals surface area contributed by atoms with Crippen molar-refractivity contribution in [3.05, 3.63) is 84.2 Å². The van der Waals surface area contributed by atoms with E-state index in [2.05, 4.69) is 10.4 Å². The first-order valence-electron chi connectivity index (χ1n) is 10.1. The minimum Gasteiger partial charge on any atom is -0.494 e. The molecule has 4 rings (SSSR count).